The molecule has 0 unspecified atom stereocenters. The van der Waals surface area contributed by atoms with Crippen LogP contribution in [0.2, 0.25) is 5.02 Å². The van der Waals surface area contributed by atoms with Crippen LogP contribution in [0, 0.1) is 0 Å². The Hall–Kier alpha value is -0.790. The standard InChI is InChI=1S/C19H26ClN/c20-19-15-16(7-6-14-21-12-4-5-13-21)10-11-18(19)17-8-2-1-3-9-17/h6-7,10-11,15,17H,1-5,8-9,12-14H2/b7-6+. The second kappa shape index (κ2) is 7.47. The molecule has 0 amide bonds. The van der Waals surface area contributed by atoms with Crippen molar-refractivity contribution in [2.75, 3.05) is 19.6 Å². The topological polar surface area (TPSA) is 3.24 Å². The zero-order valence-corrected chi connectivity index (χ0v) is 13.6. The van der Waals surface area contributed by atoms with Gasteiger partial charge in [0.2, 0.25) is 0 Å². The summed E-state index contributed by atoms with van der Waals surface area (Å²) in [4.78, 5) is 2.51. The first-order valence-electron chi connectivity index (χ1n) is 8.51. The van der Waals surface area contributed by atoms with Crippen LogP contribution in [0.5, 0.6) is 0 Å². The lowest BCUT2D eigenvalue weighted by Crippen LogP contribution is -2.18. The number of hydrogen-bond donors (Lipinski definition) is 0. The first-order valence-corrected chi connectivity index (χ1v) is 8.89. The lowest BCUT2D eigenvalue weighted by molar-refractivity contribution is 0.378. The van der Waals surface area contributed by atoms with Crippen molar-refractivity contribution in [1.82, 2.24) is 4.90 Å². The highest BCUT2D eigenvalue weighted by Gasteiger charge is 2.17. The highest BCUT2D eigenvalue weighted by molar-refractivity contribution is 6.31. The van der Waals surface area contributed by atoms with Gasteiger partial charge in [-0.2, -0.15) is 0 Å². The number of halogens is 1. The van der Waals surface area contributed by atoms with E-state index in [-0.39, 0.29) is 0 Å². The Kier molecular flexibility index (Phi) is 5.38. The van der Waals surface area contributed by atoms with E-state index in [0.717, 1.165) is 11.6 Å². The second-order valence-electron chi connectivity index (χ2n) is 6.53. The van der Waals surface area contributed by atoms with Gasteiger partial charge in [-0.3, -0.25) is 4.90 Å². The van der Waals surface area contributed by atoms with Gasteiger partial charge in [0.25, 0.3) is 0 Å². The van der Waals surface area contributed by atoms with E-state index in [2.05, 4.69) is 35.3 Å². The molecule has 21 heavy (non-hydrogen) atoms. The van der Waals surface area contributed by atoms with E-state index in [0.29, 0.717) is 5.92 Å². The van der Waals surface area contributed by atoms with Crippen molar-refractivity contribution in [3.8, 4) is 0 Å². The maximum atomic E-state index is 6.52. The van der Waals surface area contributed by atoms with Crippen LogP contribution in [0.25, 0.3) is 6.08 Å². The highest BCUT2D eigenvalue weighted by atomic mass is 35.5. The molecule has 1 heterocycles. The average Bonchev–Trinajstić information content (AvgIpc) is 3.02. The molecule has 0 N–H and O–H groups in total. The smallest absolute Gasteiger partial charge is 0.0446 e. The first kappa shape index (κ1) is 15.1. The molecule has 1 aliphatic carbocycles. The van der Waals surface area contributed by atoms with Crippen LogP contribution < -0.4 is 0 Å². The van der Waals surface area contributed by atoms with Crippen LogP contribution in [-0.4, -0.2) is 24.5 Å². The van der Waals surface area contributed by atoms with Crippen molar-refractivity contribution in [2.45, 2.75) is 50.9 Å². The summed E-state index contributed by atoms with van der Waals surface area (Å²) in [6.45, 7) is 3.58. The quantitative estimate of drug-likeness (QED) is 0.710. The van der Waals surface area contributed by atoms with E-state index in [9.17, 15) is 0 Å². The van der Waals surface area contributed by atoms with E-state index in [1.54, 1.807) is 0 Å². The van der Waals surface area contributed by atoms with E-state index in [1.807, 2.05) is 0 Å². The van der Waals surface area contributed by atoms with Gasteiger partial charge in [0.1, 0.15) is 0 Å². The van der Waals surface area contributed by atoms with Crippen molar-refractivity contribution in [2.24, 2.45) is 0 Å². The fourth-order valence-corrected chi connectivity index (χ4v) is 4.04. The maximum absolute atomic E-state index is 6.52. The molecule has 1 nitrogen and oxygen atoms in total. The molecule has 0 radical (unpaired) electrons. The Morgan fingerprint density at radius 1 is 1.05 bits per heavy atom. The SMILES string of the molecule is Clc1cc(/C=C/CN2CCCC2)ccc1C1CCCCC1. The summed E-state index contributed by atoms with van der Waals surface area (Å²) in [6.07, 6.45) is 13.9. The molecule has 1 saturated heterocycles. The van der Waals surface area contributed by atoms with Crippen molar-refractivity contribution >= 4 is 17.7 Å². The molecule has 1 aromatic rings. The average molecular weight is 304 g/mol. The summed E-state index contributed by atoms with van der Waals surface area (Å²) < 4.78 is 0. The normalized spacial score (nSPS) is 21.4. The highest BCUT2D eigenvalue weighted by Crippen LogP contribution is 2.36. The molecule has 3 rings (SSSR count). The fourth-order valence-electron chi connectivity index (χ4n) is 3.69. The number of hydrogen-bond acceptors (Lipinski definition) is 1. The number of likely N-dealkylation sites (tertiary alicyclic amines) is 1. The Bertz CT molecular complexity index is 482. The van der Waals surface area contributed by atoms with E-state index in [1.165, 1.54) is 69.2 Å². The Balaban J connectivity index is 1.61. The molecule has 2 aliphatic rings. The summed E-state index contributed by atoms with van der Waals surface area (Å²) in [5.41, 5.74) is 2.60. The van der Waals surface area contributed by atoms with Gasteiger partial charge in [0.05, 0.1) is 0 Å². The number of rotatable bonds is 4. The van der Waals surface area contributed by atoms with Crippen LogP contribution in [0.1, 0.15) is 62.0 Å². The fraction of sp³-hybridized carbons (Fsp3) is 0.579. The molecular formula is C19H26ClN. The molecule has 114 valence electrons. The van der Waals surface area contributed by atoms with Gasteiger partial charge in [-0.15, -0.1) is 0 Å². The van der Waals surface area contributed by atoms with Crippen LogP contribution in [0.3, 0.4) is 0 Å². The summed E-state index contributed by atoms with van der Waals surface area (Å²) >= 11 is 6.52. The molecule has 0 aromatic heterocycles. The van der Waals surface area contributed by atoms with Gasteiger partial charge in [-0.1, -0.05) is 55.1 Å². The maximum Gasteiger partial charge on any atom is 0.0446 e. The van der Waals surface area contributed by atoms with Gasteiger partial charge >= 0.3 is 0 Å². The van der Waals surface area contributed by atoms with Crippen molar-refractivity contribution in [3.63, 3.8) is 0 Å². The van der Waals surface area contributed by atoms with E-state index >= 15 is 0 Å². The van der Waals surface area contributed by atoms with Gasteiger partial charge in [0.15, 0.2) is 0 Å². The third kappa shape index (κ3) is 4.11. The zero-order valence-electron chi connectivity index (χ0n) is 12.9. The van der Waals surface area contributed by atoms with Crippen LogP contribution in [0.4, 0.5) is 0 Å². The zero-order chi connectivity index (χ0) is 14.5. The van der Waals surface area contributed by atoms with E-state index in [4.69, 9.17) is 11.6 Å². The number of benzene rings is 1. The third-order valence-corrected chi connectivity index (χ3v) is 5.27. The van der Waals surface area contributed by atoms with Gasteiger partial charge < -0.3 is 0 Å². The van der Waals surface area contributed by atoms with Crippen molar-refractivity contribution in [1.29, 1.82) is 0 Å². The predicted octanol–water partition coefficient (Wildman–Crippen LogP) is 5.50. The monoisotopic (exact) mass is 303 g/mol. The lowest BCUT2D eigenvalue weighted by atomic mass is 9.84. The number of nitrogens with zero attached hydrogens (tertiary/aromatic N) is 1. The van der Waals surface area contributed by atoms with Crippen LogP contribution in [-0.2, 0) is 0 Å². The molecule has 2 heteroatoms. The molecule has 0 spiro atoms. The Labute approximate surface area is 134 Å². The summed E-state index contributed by atoms with van der Waals surface area (Å²) in [7, 11) is 0. The summed E-state index contributed by atoms with van der Waals surface area (Å²) in [6, 6.07) is 6.64. The Morgan fingerprint density at radius 3 is 2.52 bits per heavy atom. The Morgan fingerprint density at radius 2 is 1.81 bits per heavy atom. The molecule has 1 saturated carbocycles. The van der Waals surface area contributed by atoms with Crippen LogP contribution >= 0.6 is 11.6 Å². The molecule has 0 bridgehead atoms. The molecule has 0 atom stereocenters. The molecule has 1 aromatic carbocycles. The minimum absolute atomic E-state index is 0.689. The van der Waals surface area contributed by atoms with Gasteiger partial charge in [0, 0.05) is 11.6 Å². The van der Waals surface area contributed by atoms with Crippen molar-refractivity contribution < 1.29 is 0 Å². The summed E-state index contributed by atoms with van der Waals surface area (Å²) in [5.74, 6) is 0.689. The van der Waals surface area contributed by atoms with Gasteiger partial charge in [-0.25, -0.2) is 0 Å². The van der Waals surface area contributed by atoms with E-state index < -0.39 is 0 Å². The molecule has 2 fully saturated rings. The minimum Gasteiger partial charge on any atom is -0.300 e. The minimum atomic E-state index is 0.689. The second-order valence-corrected chi connectivity index (χ2v) is 6.93. The third-order valence-electron chi connectivity index (χ3n) is 4.94. The largest absolute Gasteiger partial charge is 0.300 e. The van der Waals surface area contributed by atoms with Crippen LogP contribution in [0.15, 0.2) is 24.3 Å². The summed E-state index contributed by atoms with van der Waals surface area (Å²) in [5, 5.41) is 0.963. The lowest BCUT2D eigenvalue weighted by Gasteiger charge is -2.23. The van der Waals surface area contributed by atoms with Crippen molar-refractivity contribution in [3.05, 3.63) is 40.4 Å². The first-order chi connectivity index (χ1) is 10.3. The molecule has 1 aliphatic heterocycles. The van der Waals surface area contributed by atoms with Gasteiger partial charge in [-0.05, 0) is 61.9 Å². The molecular weight excluding hydrogens is 278 g/mol. The predicted molar refractivity (Wildman–Crippen MR) is 92.0 cm³/mol.